The number of nitrogen functional groups attached to an aromatic ring is 1. The van der Waals surface area contributed by atoms with Crippen LogP contribution in [0.2, 0.25) is 0 Å². The lowest BCUT2D eigenvalue weighted by Gasteiger charge is -2.38. The van der Waals surface area contributed by atoms with E-state index in [0.29, 0.717) is 5.56 Å². The molecule has 0 saturated carbocycles. The van der Waals surface area contributed by atoms with E-state index in [0.717, 1.165) is 10.9 Å². The van der Waals surface area contributed by atoms with Crippen LogP contribution in [0.15, 0.2) is 41.5 Å². The van der Waals surface area contributed by atoms with E-state index in [1.165, 1.54) is 0 Å². The van der Waals surface area contributed by atoms with Crippen LogP contribution in [-0.2, 0) is 16.9 Å². The Morgan fingerprint density at radius 2 is 2.03 bits per heavy atom. The molecular weight excluding hydrogens is 432 g/mol. The number of fused-ring (bicyclic) bond motifs is 1. The van der Waals surface area contributed by atoms with Crippen molar-refractivity contribution in [2.24, 2.45) is 0 Å². The van der Waals surface area contributed by atoms with Gasteiger partial charge in [-0.3, -0.25) is 24.5 Å². The maximum Gasteiger partial charge on any atom is 0.367 e. The number of nitrogens with zero attached hydrogens (tertiary/aromatic N) is 4. The molecule has 0 unspecified atom stereocenters. The molecule has 0 aliphatic carbocycles. The number of imidazole rings is 1. The number of aliphatic hydroxyl groups excluding tert-OH is 1. The van der Waals surface area contributed by atoms with Gasteiger partial charge in [0.15, 0.2) is 11.2 Å². The molecule has 1 aliphatic heterocycles. The molecule has 1 saturated heterocycles. The zero-order chi connectivity index (χ0) is 22.6. The fourth-order valence-corrected chi connectivity index (χ4v) is 4.27. The van der Waals surface area contributed by atoms with Crippen molar-refractivity contribution in [2.45, 2.75) is 28.9 Å². The maximum absolute atomic E-state index is 12.3. The summed E-state index contributed by atoms with van der Waals surface area (Å²) in [6, 6.07) is 8.34. The quantitative estimate of drug-likeness (QED) is 0.116. The number of hydrogen-bond donors (Lipinski definition) is 6. The highest BCUT2D eigenvalue weighted by atomic mass is 32.1. The second kappa shape index (κ2) is 7.00. The van der Waals surface area contributed by atoms with Gasteiger partial charge in [0, 0.05) is 11.3 Å². The zero-order valence-corrected chi connectivity index (χ0v) is 16.6. The number of rotatable bonds is 5. The van der Waals surface area contributed by atoms with Gasteiger partial charge >= 0.3 is 4.87 Å². The minimum atomic E-state index is -3.23. The van der Waals surface area contributed by atoms with E-state index in [4.69, 9.17) is 10.5 Å². The van der Waals surface area contributed by atoms with E-state index in [2.05, 4.69) is 27.6 Å². The van der Waals surface area contributed by atoms with Gasteiger partial charge in [0.1, 0.15) is 6.10 Å². The van der Waals surface area contributed by atoms with Crippen molar-refractivity contribution in [1.82, 2.24) is 19.5 Å². The topological polar surface area (TPSA) is 203 Å². The third-order valence-electron chi connectivity index (χ3n) is 5.38. The van der Waals surface area contributed by atoms with E-state index in [1.54, 1.807) is 30.3 Å². The minimum absolute atomic E-state index is 0.202. The van der Waals surface area contributed by atoms with Crippen molar-refractivity contribution in [3.63, 3.8) is 0 Å². The molecule has 3 heterocycles. The number of nitrogens with one attached hydrogen (secondary N) is 1. The van der Waals surface area contributed by atoms with E-state index < -0.39 is 39.6 Å². The number of benzene rings is 1. The zero-order valence-electron chi connectivity index (χ0n) is 15.7. The Kier molecular flexibility index (Phi) is 4.79. The number of nitrogens with two attached hydrogens (primary N) is 1. The number of aliphatic hydroxyl groups is 3. The first-order valence-corrected chi connectivity index (χ1v) is 9.40. The first kappa shape index (κ1) is 21.2. The Labute approximate surface area is 178 Å². The number of hydrogen-bond acceptors (Lipinski definition) is 11. The van der Waals surface area contributed by atoms with Gasteiger partial charge in [-0.2, -0.15) is 4.98 Å². The molecule has 0 radical (unpaired) electrons. The minimum Gasteiger partial charge on any atom is -0.393 e. The highest BCUT2D eigenvalue weighted by Gasteiger charge is 2.82. The third kappa shape index (κ3) is 2.76. The summed E-state index contributed by atoms with van der Waals surface area (Å²) in [5, 5.41) is 43.5. The molecule has 14 heteroatoms. The van der Waals surface area contributed by atoms with Crippen LogP contribution in [0.1, 0.15) is 5.56 Å². The lowest BCUT2D eigenvalue weighted by atomic mass is 9.89. The summed E-state index contributed by atoms with van der Waals surface area (Å²) in [7, 11) is 0. The standard InChI is InChI=1S/C17H18N6O7S/c18-14-20-12-11(13(25)21-14)19-8-22(12)15(6-9-4-2-1-3-5-9)17(31,23(28)29)16(26,27)10(7-24)30-15/h1-5,8,10,24,26-27,31H,6-7H2,(H3,18,20,21,25)/t10-,15-,17+/m1/s1. The fourth-order valence-electron chi connectivity index (χ4n) is 3.89. The lowest BCUT2D eigenvalue weighted by molar-refractivity contribution is -0.593. The molecule has 31 heavy (non-hydrogen) atoms. The first-order valence-electron chi connectivity index (χ1n) is 8.96. The predicted molar refractivity (Wildman–Crippen MR) is 109 cm³/mol. The van der Waals surface area contributed by atoms with E-state index in [1.807, 2.05) is 0 Å². The summed E-state index contributed by atoms with van der Waals surface area (Å²) >= 11 is 4.12. The first-order chi connectivity index (χ1) is 14.6. The molecule has 1 aromatic carbocycles. The molecule has 2 aromatic heterocycles. The van der Waals surface area contributed by atoms with Crippen LogP contribution in [0.3, 0.4) is 0 Å². The number of anilines is 1. The van der Waals surface area contributed by atoms with Crippen molar-refractivity contribution in [3.8, 4) is 0 Å². The summed E-state index contributed by atoms with van der Waals surface area (Å²) in [6.07, 6.45) is -1.10. The van der Waals surface area contributed by atoms with Gasteiger partial charge in [-0.1, -0.05) is 43.0 Å². The molecule has 164 valence electrons. The van der Waals surface area contributed by atoms with Crippen LogP contribution in [0.4, 0.5) is 5.95 Å². The highest BCUT2D eigenvalue weighted by Crippen LogP contribution is 2.54. The van der Waals surface area contributed by atoms with E-state index >= 15 is 0 Å². The smallest absolute Gasteiger partial charge is 0.367 e. The van der Waals surface area contributed by atoms with Gasteiger partial charge < -0.3 is 25.8 Å². The van der Waals surface area contributed by atoms with Gasteiger partial charge in [-0.05, 0) is 5.56 Å². The number of aromatic nitrogens is 4. The van der Waals surface area contributed by atoms with Gasteiger partial charge in [0.25, 0.3) is 11.3 Å². The third-order valence-corrected chi connectivity index (χ3v) is 6.22. The number of H-pyrrole nitrogens is 1. The van der Waals surface area contributed by atoms with Gasteiger partial charge in [-0.15, -0.1) is 0 Å². The number of thiol groups is 1. The summed E-state index contributed by atoms with van der Waals surface area (Å²) in [4.78, 5) is 30.8. The molecule has 6 N–H and O–H groups in total. The molecular formula is C17H18N6O7S. The molecule has 0 amide bonds. The van der Waals surface area contributed by atoms with E-state index in [9.17, 15) is 30.2 Å². The molecule has 1 fully saturated rings. The Morgan fingerprint density at radius 3 is 2.65 bits per heavy atom. The second-order valence-electron chi connectivity index (χ2n) is 7.13. The number of ether oxygens (including phenoxy) is 1. The van der Waals surface area contributed by atoms with E-state index in [-0.39, 0.29) is 23.5 Å². The summed E-state index contributed by atoms with van der Waals surface area (Å²) < 4.78 is 6.81. The average molecular weight is 450 g/mol. The van der Waals surface area contributed by atoms with Gasteiger partial charge in [0.2, 0.25) is 11.7 Å². The van der Waals surface area contributed by atoms with Crippen molar-refractivity contribution in [1.29, 1.82) is 0 Å². The van der Waals surface area contributed by atoms with Crippen LogP contribution >= 0.6 is 12.6 Å². The maximum atomic E-state index is 12.3. The largest absolute Gasteiger partial charge is 0.393 e. The summed E-state index contributed by atoms with van der Waals surface area (Å²) in [6.45, 7) is -0.970. The van der Waals surface area contributed by atoms with Crippen LogP contribution in [-0.4, -0.2) is 63.1 Å². The van der Waals surface area contributed by atoms with Crippen molar-refractivity contribution in [3.05, 3.63) is 62.7 Å². The Morgan fingerprint density at radius 1 is 1.35 bits per heavy atom. The molecule has 0 bridgehead atoms. The lowest BCUT2D eigenvalue weighted by Crippen LogP contribution is -2.66. The number of nitro groups is 1. The van der Waals surface area contributed by atoms with Crippen LogP contribution < -0.4 is 11.3 Å². The van der Waals surface area contributed by atoms with Crippen LogP contribution in [0.5, 0.6) is 0 Å². The van der Waals surface area contributed by atoms with Crippen LogP contribution in [0, 0.1) is 10.1 Å². The predicted octanol–water partition coefficient (Wildman–Crippen LogP) is -1.43. The summed E-state index contributed by atoms with van der Waals surface area (Å²) in [5.74, 6) is -3.53. The Balaban J connectivity index is 2.09. The van der Waals surface area contributed by atoms with Crippen molar-refractivity contribution in [2.75, 3.05) is 12.3 Å². The van der Waals surface area contributed by atoms with Gasteiger partial charge in [0.05, 0.1) is 12.9 Å². The molecule has 1 aliphatic rings. The van der Waals surface area contributed by atoms with Crippen molar-refractivity contribution < 1.29 is 25.0 Å². The van der Waals surface area contributed by atoms with Crippen LogP contribution in [0.25, 0.3) is 11.2 Å². The molecule has 13 nitrogen and oxygen atoms in total. The number of aromatic amines is 1. The molecule has 4 rings (SSSR count). The molecule has 0 spiro atoms. The average Bonchev–Trinajstić information content (AvgIpc) is 3.21. The molecule has 3 aromatic rings. The summed E-state index contributed by atoms with van der Waals surface area (Å²) in [5.41, 5.74) is 2.72. The second-order valence-corrected chi connectivity index (χ2v) is 7.78. The highest BCUT2D eigenvalue weighted by molar-refractivity contribution is 7.81. The SMILES string of the molecule is Nc1nc2c(ncn2[C@]2(Cc3ccccc3)O[C@H](CO)C(O)(O)[C@]2(S)[N+](=O)[O-])c(=O)[nH]1. The monoisotopic (exact) mass is 450 g/mol. The van der Waals surface area contributed by atoms with Gasteiger partial charge in [-0.25, -0.2) is 4.98 Å². The molecule has 3 atom stereocenters. The normalized spacial score (nSPS) is 27.5. The Hall–Kier alpha value is -3.04. The fraction of sp³-hybridized carbons (Fsp3) is 0.353. The van der Waals surface area contributed by atoms with Crippen molar-refractivity contribution >= 4 is 29.7 Å². The Bertz CT molecular complexity index is 1210.